The van der Waals surface area contributed by atoms with Crippen molar-refractivity contribution in [3.8, 4) is 17.3 Å². The van der Waals surface area contributed by atoms with Crippen LogP contribution >= 0.6 is 0 Å². The molecule has 0 fully saturated rings. The van der Waals surface area contributed by atoms with Crippen LogP contribution in [-0.4, -0.2) is 21.5 Å². The van der Waals surface area contributed by atoms with Crippen LogP contribution in [0, 0.1) is 23.1 Å². The number of anilines is 1. The molecule has 0 saturated carbocycles. The number of nitrogens with zero attached hydrogens (tertiary/aromatic N) is 3. The molecule has 2 atom stereocenters. The molecule has 5 rings (SSSR count). The number of hydrogen-bond donors (Lipinski definition) is 1. The zero-order valence-electron chi connectivity index (χ0n) is 16.9. The van der Waals surface area contributed by atoms with Crippen LogP contribution < -0.4 is 5.32 Å². The molecule has 154 valence electrons. The quantitative estimate of drug-likeness (QED) is 0.517. The van der Waals surface area contributed by atoms with E-state index in [1.165, 1.54) is 35.4 Å². The fraction of sp³-hybridized carbons (Fsp3) is 0.250. The molecule has 0 saturated heterocycles. The van der Waals surface area contributed by atoms with E-state index in [0.717, 1.165) is 36.1 Å². The van der Waals surface area contributed by atoms with Gasteiger partial charge in [-0.25, -0.2) is 4.39 Å². The summed E-state index contributed by atoms with van der Waals surface area (Å²) in [4.78, 5) is 26.0. The van der Waals surface area contributed by atoms with Crippen molar-refractivity contribution >= 4 is 17.4 Å². The lowest BCUT2D eigenvalue weighted by molar-refractivity contribution is -0.117. The first-order valence-corrected chi connectivity index (χ1v) is 10.2. The van der Waals surface area contributed by atoms with Gasteiger partial charge in [0.1, 0.15) is 11.5 Å². The molecule has 2 unspecified atom stereocenters. The number of nitrogens with one attached hydrogen (secondary N) is 1. The second kappa shape index (κ2) is 7.17. The Labute approximate surface area is 178 Å². The average molecular weight is 414 g/mol. The van der Waals surface area contributed by atoms with Gasteiger partial charge in [-0.2, -0.15) is 10.4 Å². The third-order valence-electron chi connectivity index (χ3n) is 6.17. The molecule has 1 heterocycles. The molecule has 0 bridgehead atoms. The molecule has 0 spiro atoms. The van der Waals surface area contributed by atoms with Crippen LogP contribution in [0.5, 0.6) is 0 Å². The molecular weight excluding hydrogens is 395 g/mol. The summed E-state index contributed by atoms with van der Waals surface area (Å²) >= 11 is 0. The Morgan fingerprint density at radius 1 is 1.23 bits per heavy atom. The second-order valence-corrected chi connectivity index (χ2v) is 7.98. The molecule has 2 aromatic carbocycles. The van der Waals surface area contributed by atoms with Gasteiger partial charge in [-0.3, -0.25) is 14.3 Å². The van der Waals surface area contributed by atoms with Crippen molar-refractivity contribution in [1.29, 1.82) is 5.26 Å². The maximum absolute atomic E-state index is 13.3. The first kappa shape index (κ1) is 19.2. The molecule has 2 aliphatic carbocycles. The van der Waals surface area contributed by atoms with Gasteiger partial charge in [0.15, 0.2) is 5.92 Å². The Morgan fingerprint density at radius 3 is 2.74 bits per heavy atom. The number of rotatable bonds is 4. The molecule has 3 aromatic rings. The Morgan fingerprint density at radius 2 is 2.00 bits per heavy atom. The summed E-state index contributed by atoms with van der Waals surface area (Å²) in [7, 11) is 1.78. The highest BCUT2D eigenvalue weighted by Gasteiger charge is 2.41. The number of carbonyl (C=O) groups is 2. The summed E-state index contributed by atoms with van der Waals surface area (Å²) in [5.74, 6) is -3.29. The van der Waals surface area contributed by atoms with Gasteiger partial charge in [-0.15, -0.1) is 0 Å². The second-order valence-electron chi connectivity index (χ2n) is 7.98. The third kappa shape index (κ3) is 2.95. The summed E-state index contributed by atoms with van der Waals surface area (Å²) in [6, 6.07) is 13.2. The topological polar surface area (TPSA) is 87.8 Å². The lowest BCUT2D eigenvalue weighted by Gasteiger charge is -2.22. The van der Waals surface area contributed by atoms with Gasteiger partial charge in [-0.1, -0.05) is 18.2 Å². The van der Waals surface area contributed by atoms with Crippen LogP contribution in [-0.2, 0) is 18.3 Å². The molecular formula is C24H19FN4O2. The first-order valence-electron chi connectivity index (χ1n) is 10.2. The van der Waals surface area contributed by atoms with Crippen molar-refractivity contribution < 1.29 is 14.0 Å². The number of carbonyl (C=O) groups excluding carboxylic acids is 2. The van der Waals surface area contributed by atoms with Gasteiger partial charge in [-0.05, 0) is 54.7 Å². The SMILES string of the molecule is Cn1nc(C(=O)C(C#N)C(=O)Nc2ccc(F)cc2)c2c1-c1cccc3c1C2CCC3. The number of fused-ring (bicyclic) bond motifs is 3. The maximum atomic E-state index is 13.3. The Kier molecular flexibility index (Phi) is 4.44. The first-order chi connectivity index (χ1) is 15.0. The minimum atomic E-state index is -1.55. The molecule has 6 nitrogen and oxygen atoms in total. The van der Waals surface area contributed by atoms with E-state index in [-0.39, 0.29) is 11.6 Å². The number of ketones is 1. The molecule has 1 N–H and O–H groups in total. The van der Waals surface area contributed by atoms with Crippen LogP contribution in [0.2, 0.25) is 0 Å². The standard InChI is InChI=1S/C24H19FN4O2/c1-29-22-17-7-3-5-13-4-2-6-16(19(13)17)20(22)21(28-29)23(30)18(12-26)24(31)27-15-10-8-14(25)9-11-15/h3,5,7-11,16,18H,2,4,6H2,1H3,(H,27,31). The highest BCUT2D eigenvalue weighted by molar-refractivity contribution is 6.16. The Bertz CT molecular complexity index is 1270. The van der Waals surface area contributed by atoms with E-state index in [9.17, 15) is 19.2 Å². The molecule has 31 heavy (non-hydrogen) atoms. The van der Waals surface area contributed by atoms with Crippen molar-refractivity contribution in [2.45, 2.75) is 25.2 Å². The van der Waals surface area contributed by atoms with Gasteiger partial charge in [0.25, 0.3) is 0 Å². The zero-order chi connectivity index (χ0) is 21.7. The van der Waals surface area contributed by atoms with E-state index in [1.807, 2.05) is 18.2 Å². The van der Waals surface area contributed by atoms with Crippen molar-refractivity contribution in [3.63, 3.8) is 0 Å². The van der Waals surface area contributed by atoms with Gasteiger partial charge in [0.05, 0.1) is 11.8 Å². The van der Waals surface area contributed by atoms with Gasteiger partial charge >= 0.3 is 0 Å². The Balaban J connectivity index is 1.51. The highest BCUT2D eigenvalue weighted by atomic mass is 19.1. The van der Waals surface area contributed by atoms with Crippen molar-refractivity contribution in [1.82, 2.24) is 9.78 Å². The largest absolute Gasteiger partial charge is 0.325 e. The predicted molar refractivity (Wildman–Crippen MR) is 112 cm³/mol. The summed E-state index contributed by atoms with van der Waals surface area (Å²) in [6.07, 6.45) is 2.92. The molecule has 1 aromatic heterocycles. The summed E-state index contributed by atoms with van der Waals surface area (Å²) in [5, 5.41) is 16.6. The highest BCUT2D eigenvalue weighted by Crippen LogP contribution is 2.52. The van der Waals surface area contributed by atoms with Crippen LogP contribution in [0.1, 0.15) is 45.9 Å². The third-order valence-corrected chi connectivity index (χ3v) is 6.17. The minimum Gasteiger partial charge on any atom is -0.325 e. The summed E-state index contributed by atoms with van der Waals surface area (Å²) in [6.45, 7) is 0. The number of halogens is 1. The van der Waals surface area contributed by atoms with E-state index in [4.69, 9.17) is 0 Å². The van der Waals surface area contributed by atoms with Crippen molar-refractivity contribution in [2.75, 3.05) is 5.32 Å². The molecule has 1 amide bonds. The predicted octanol–water partition coefficient (Wildman–Crippen LogP) is 3.97. The fourth-order valence-electron chi connectivity index (χ4n) is 4.87. The number of Topliss-reactive ketones (excluding diaryl/α,β-unsaturated/α-hetero) is 1. The summed E-state index contributed by atoms with van der Waals surface area (Å²) in [5.41, 5.74) is 5.83. The van der Waals surface area contributed by atoms with Crippen molar-refractivity contribution in [2.24, 2.45) is 13.0 Å². The zero-order valence-corrected chi connectivity index (χ0v) is 16.9. The number of nitriles is 1. The van der Waals surface area contributed by atoms with Crippen LogP contribution in [0.3, 0.4) is 0 Å². The fourth-order valence-corrected chi connectivity index (χ4v) is 4.87. The number of aromatic nitrogens is 2. The van der Waals surface area contributed by atoms with E-state index in [0.29, 0.717) is 5.69 Å². The van der Waals surface area contributed by atoms with Gasteiger partial charge in [0, 0.05) is 29.8 Å². The number of amides is 1. The number of hydrogen-bond acceptors (Lipinski definition) is 4. The lowest BCUT2D eigenvalue weighted by atomic mass is 9.81. The van der Waals surface area contributed by atoms with Crippen LogP contribution in [0.25, 0.3) is 11.3 Å². The van der Waals surface area contributed by atoms with E-state index >= 15 is 0 Å². The molecule has 7 heteroatoms. The average Bonchev–Trinajstić information content (AvgIpc) is 3.28. The maximum Gasteiger partial charge on any atom is 0.249 e. The van der Waals surface area contributed by atoms with E-state index in [2.05, 4.69) is 16.5 Å². The number of benzene rings is 2. The smallest absolute Gasteiger partial charge is 0.249 e. The van der Waals surface area contributed by atoms with Crippen molar-refractivity contribution in [3.05, 3.63) is 70.7 Å². The number of aryl methyl sites for hydroxylation is 2. The molecule has 0 aliphatic heterocycles. The Hall–Kier alpha value is -3.79. The summed E-state index contributed by atoms with van der Waals surface area (Å²) < 4.78 is 14.8. The monoisotopic (exact) mass is 414 g/mol. The molecule has 0 radical (unpaired) electrons. The van der Waals surface area contributed by atoms with Crippen LogP contribution in [0.4, 0.5) is 10.1 Å². The van der Waals surface area contributed by atoms with Crippen LogP contribution in [0.15, 0.2) is 42.5 Å². The minimum absolute atomic E-state index is 0.0575. The molecule has 2 aliphatic rings. The lowest BCUT2D eigenvalue weighted by Crippen LogP contribution is -2.29. The van der Waals surface area contributed by atoms with E-state index in [1.54, 1.807) is 11.7 Å². The van der Waals surface area contributed by atoms with Gasteiger partial charge in [0.2, 0.25) is 11.7 Å². The van der Waals surface area contributed by atoms with E-state index < -0.39 is 23.4 Å². The van der Waals surface area contributed by atoms with Gasteiger partial charge < -0.3 is 5.32 Å². The normalized spacial score (nSPS) is 16.7.